The van der Waals surface area contributed by atoms with Gasteiger partial charge in [0, 0.05) is 38.8 Å². The van der Waals surface area contributed by atoms with Crippen LogP contribution in [-0.2, 0) is 6.42 Å². The van der Waals surface area contributed by atoms with E-state index in [9.17, 15) is 4.79 Å². The van der Waals surface area contributed by atoms with E-state index in [0.717, 1.165) is 31.8 Å². The summed E-state index contributed by atoms with van der Waals surface area (Å²) in [7, 11) is 4.85. The minimum Gasteiger partial charge on any atom is -0.497 e. The third kappa shape index (κ3) is 5.54. The molecular formula is C22H29N3O4. The molecule has 0 radical (unpaired) electrons. The molecule has 1 heterocycles. The number of rotatable bonds is 7. The number of methoxy groups -OCH3 is 3. The van der Waals surface area contributed by atoms with Crippen molar-refractivity contribution in [1.82, 2.24) is 9.80 Å². The van der Waals surface area contributed by atoms with Gasteiger partial charge in [0.25, 0.3) is 0 Å². The Balaban J connectivity index is 1.48. The molecule has 3 rings (SSSR count). The molecule has 0 spiro atoms. The lowest BCUT2D eigenvalue weighted by Gasteiger charge is -2.34. The number of nitrogens with one attached hydrogen (secondary N) is 1. The largest absolute Gasteiger partial charge is 0.497 e. The molecule has 2 aromatic rings. The van der Waals surface area contributed by atoms with Crippen molar-refractivity contribution in [2.75, 3.05) is 59.4 Å². The van der Waals surface area contributed by atoms with Crippen LogP contribution in [0.1, 0.15) is 5.56 Å². The van der Waals surface area contributed by atoms with Gasteiger partial charge in [0.05, 0.1) is 27.0 Å². The first-order chi connectivity index (χ1) is 14.1. The molecule has 0 aromatic heterocycles. The third-order valence-electron chi connectivity index (χ3n) is 5.18. The van der Waals surface area contributed by atoms with E-state index in [1.165, 1.54) is 5.56 Å². The highest BCUT2D eigenvalue weighted by atomic mass is 16.5. The summed E-state index contributed by atoms with van der Waals surface area (Å²) >= 11 is 0. The van der Waals surface area contributed by atoms with Gasteiger partial charge >= 0.3 is 6.03 Å². The molecule has 1 saturated heterocycles. The Hall–Kier alpha value is -2.93. The average molecular weight is 399 g/mol. The topological polar surface area (TPSA) is 63.3 Å². The molecule has 2 amide bonds. The smallest absolute Gasteiger partial charge is 0.322 e. The monoisotopic (exact) mass is 399 g/mol. The van der Waals surface area contributed by atoms with E-state index in [2.05, 4.69) is 22.3 Å². The average Bonchev–Trinajstić information content (AvgIpc) is 2.78. The summed E-state index contributed by atoms with van der Waals surface area (Å²) in [6.45, 7) is 4.09. The summed E-state index contributed by atoms with van der Waals surface area (Å²) in [4.78, 5) is 16.9. The van der Waals surface area contributed by atoms with Crippen molar-refractivity contribution in [3.05, 3.63) is 48.0 Å². The number of hydrogen-bond acceptors (Lipinski definition) is 5. The zero-order chi connectivity index (χ0) is 20.6. The van der Waals surface area contributed by atoms with Gasteiger partial charge in [-0.1, -0.05) is 12.1 Å². The van der Waals surface area contributed by atoms with Gasteiger partial charge in [0.15, 0.2) is 0 Å². The lowest BCUT2D eigenvalue weighted by molar-refractivity contribution is 0.148. The molecule has 0 saturated carbocycles. The van der Waals surface area contributed by atoms with Gasteiger partial charge in [-0.05, 0) is 36.2 Å². The lowest BCUT2D eigenvalue weighted by Crippen LogP contribution is -2.50. The Morgan fingerprint density at radius 3 is 2.17 bits per heavy atom. The van der Waals surface area contributed by atoms with Gasteiger partial charge in [0.2, 0.25) is 0 Å². The highest BCUT2D eigenvalue weighted by molar-refractivity contribution is 5.91. The highest BCUT2D eigenvalue weighted by Gasteiger charge is 2.22. The van der Waals surface area contributed by atoms with Crippen LogP contribution >= 0.6 is 0 Å². The first-order valence-corrected chi connectivity index (χ1v) is 9.76. The lowest BCUT2D eigenvalue weighted by atomic mass is 10.1. The van der Waals surface area contributed by atoms with E-state index in [4.69, 9.17) is 14.2 Å². The molecular weight excluding hydrogens is 370 g/mol. The normalized spacial score (nSPS) is 14.4. The van der Waals surface area contributed by atoms with Crippen LogP contribution in [0, 0.1) is 0 Å². The van der Waals surface area contributed by atoms with E-state index < -0.39 is 0 Å². The van der Waals surface area contributed by atoms with E-state index in [-0.39, 0.29) is 6.03 Å². The highest BCUT2D eigenvalue weighted by Crippen LogP contribution is 2.29. The van der Waals surface area contributed by atoms with Gasteiger partial charge in [-0.2, -0.15) is 0 Å². The molecule has 0 unspecified atom stereocenters. The van der Waals surface area contributed by atoms with Crippen LogP contribution in [0.4, 0.5) is 10.5 Å². The number of anilines is 1. The Morgan fingerprint density at radius 2 is 1.55 bits per heavy atom. The Labute approximate surface area is 172 Å². The van der Waals surface area contributed by atoms with Crippen LogP contribution in [0.3, 0.4) is 0 Å². The fourth-order valence-electron chi connectivity index (χ4n) is 3.36. The number of nitrogens with zero attached hydrogens (tertiary/aromatic N) is 2. The van der Waals surface area contributed by atoms with Crippen molar-refractivity contribution in [2.24, 2.45) is 0 Å². The predicted molar refractivity (Wildman–Crippen MR) is 113 cm³/mol. The van der Waals surface area contributed by atoms with Gasteiger partial charge in [0.1, 0.15) is 17.2 Å². The summed E-state index contributed by atoms with van der Waals surface area (Å²) in [5.74, 6) is 2.16. The predicted octanol–water partition coefficient (Wildman–Crippen LogP) is 3.10. The molecule has 1 aliphatic heterocycles. The number of piperazine rings is 1. The fourth-order valence-corrected chi connectivity index (χ4v) is 3.36. The van der Waals surface area contributed by atoms with Gasteiger partial charge in [-0.15, -0.1) is 0 Å². The van der Waals surface area contributed by atoms with E-state index in [0.29, 0.717) is 30.3 Å². The van der Waals surface area contributed by atoms with E-state index >= 15 is 0 Å². The fraction of sp³-hybridized carbons (Fsp3) is 0.409. The molecule has 0 aliphatic carbocycles. The molecule has 7 nitrogen and oxygen atoms in total. The van der Waals surface area contributed by atoms with Gasteiger partial charge in [-0.3, -0.25) is 4.90 Å². The van der Waals surface area contributed by atoms with Crippen LogP contribution < -0.4 is 19.5 Å². The number of benzene rings is 2. The molecule has 1 aliphatic rings. The van der Waals surface area contributed by atoms with Crippen LogP contribution in [-0.4, -0.2) is 69.9 Å². The minimum atomic E-state index is -0.119. The maximum absolute atomic E-state index is 12.7. The summed E-state index contributed by atoms with van der Waals surface area (Å²) in [6, 6.07) is 13.4. The Bertz CT molecular complexity index is 802. The number of hydrogen-bond donors (Lipinski definition) is 1. The number of ether oxygens (including phenoxy) is 3. The number of urea groups is 1. The number of carbonyl (C=O) groups excluding carboxylic acids is 1. The van der Waals surface area contributed by atoms with Gasteiger partial charge < -0.3 is 24.4 Å². The van der Waals surface area contributed by atoms with Crippen LogP contribution in [0.15, 0.2) is 42.5 Å². The molecule has 1 fully saturated rings. The Morgan fingerprint density at radius 1 is 0.897 bits per heavy atom. The zero-order valence-electron chi connectivity index (χ0n) is 17.3. The second kappa shape index (κ2) is 10.0. The molecule has 7 heteroatoms. The van der Waals surface area contributed by atoms with Gasteiger partial charge in [-0.25, -0.2) is 4.79 Å². The molecule has 0 atom stereocenters. The maximum atomic E-state index is 12.7. The quantitative estimate of drug-likeness (QED) is 0.775. The van der Waals surface area contributed by atoms with Crippen molar-refractivity contribution in [3.63, 3.8) is 0 Å². The SMILES string of the molecule is COc1ccc(CCN2CCN(C(=O)Nc3cc(OC)ccc3OC)CC2)cc1. The van der Waals surface area contributed by atoms with Crippen molar-refractivity contribution in [2.45, 2.75) is 6.42 Å². The van der Waals surface area contributed by atoms with Crippen LogP contribution in [0.5, 0.6) is 17.2 Å². The summed E-state index contributed by atoms with van der Waals surface area (Å²) in [6.07, 6.45) is 0.983. The first kappa shape index (κ1) is 20.8. The summed E-state index contributed by atoms with van der Waals surface area (Å²) < 4.78 is 15.8. The third-order valence-corrected chi connectivity index (χ3v) is 5.18. The molecule has 156 valence electrons. The Kier molecular flexibility index (Phi) is 7.19. The van der Waals surface area contributed by atoms with Crippen LogP contribution in [0.2, 0.25) is 0 Å². The second-order valence-electron chi connectivity index (χ2n) is 6.92. The molecule has 29 heavy (non-hydrogen) atoms. The minimum absolute atomic E-state index is 0.119. The zero-order valence-corrected chi connectivity index (χ0v) is 17.3. The number of carbonyl (C=O) groups is 1. The van der Waals surface area contributed by atoms with Crippen molar-refractivity contribution < 1.29 is 19.0 Å². The summed E-state index contributed by atoms with van der Waals surface area (Å²) in [5, 5.41) is 2.94. The molecule has 2 aromatic carbocycles. The first-order valence-electron chi connectivity index (χ1n) is 9.76. The summed E-state index contributed by atoms with van der Waals surface area (Å²) in [5.41, 5.74) is 1.90. The second-order valence-corrected chi connectivity index (χ2v) is 6.92. The number of amides is 2. The molecule has 0 bridgehead atoms. The van der Waals surface area contributed by atoms with Crippen molar-refractivity contribution >= 4 is 11.7 Å². The van der Waals surface area contributed by atoms with E-state index in [1.54, 1.807) is 39.5 Å². The van der Waals surface area contributed by atoms with Crippen molar-refractivity contribution in [1.29, 1.82) is 0 Å². The van der Waals surface area contributed by atoms with Crippen LogP contribution in [0.25, 0.3) is 0 Å². The van der Waals surface area contributed by atoms with E-state index in [1.807, 2.05) is 17.0 Å². The standard InChI is InChI=1S/C22H29N3O4/c1-27-18-6-4-17(5-7-18)10-11-24-12-14-25(15-13-24)22(26)23-20-16-19(28-2)8-9-21(20)29-3/h4-9,16H,10-15H2,1-3H3,(H,23,26). The maximum Gasteiger partial charge on any atom is 0.322 e. The van der Waals surface area contributed by atoms with Crippen molar-refractivity contribution in [3.8, 4) is 17.2 Å². The molecule has 1 N–H and O–H groups in total.